The number of amides is 2. The molecule has 0 saturated carbocycles. The van der Waals surface area contributed by atoms with Crippen LogP contribution in [0.2, 0.25) is 0 Å². The minimum Gasteiger partial charge on any atom is -0.383 e. The molecule has 1 aliphatic heterocycles. The Balaban J connectivity index is 1.77. The number of rotatable bonds is 5. The van der Waals surface area contributed by atoms with Crippen molar-refractivity contribution in [2.75, 3.05) is 31.7 Å². The molecule has 0 unspecified atom stereocenters. The van der Waals surface area contributed by atoms with E-state index in [4.69, 9.17) is 4.74 Å². The first kappa shape index (κ1) is 16.2. The second-order valence-electron chi connectivity index (χ2n) is 5.67. The molecule has 5 heteroatoms. The van der Waals surface area contributed by atoms with Crippen molar-refractivity contribution in [1.82, 2.24) is 5.32 Å². The predicted octanol–water partition coefficient (Wildman–Crippen LogP) is 2.27. The fourth-order valence-electron chi connectivity index (χ4n) is 2.87. The molecule has 0 aliphatic carbocycles. The van der Waals surface area contributed by atoms with E-state index in [0.29, 0.717) is 30.8 Å². The summed E-state index contributed by atoms with van der Waals surface area (Å²) in [7, 11) is 1.58. The minimum absolute atomic E-state index is 0.0773. The molecule has 1 N–H and O–H groups in total. The molecule has 0 saturated heterocycles. The summed E-state index contributed by atoms with van der Waals surface area (Å²) in [6.07, 6.45) is 0.860. The zero-order chi connectivity index (χ0) is 16.9. The standard InChI is InChI=1S/C19H20N2O3/c1-24-12-10-20-18(22)15-6-4-7-16(13-15)19(23)21-11-9-14-5-2-3-8-17(14)21/h2-8,13H,9-12H2,1H3,(H,20,22). The van der Waals surface area contributed by atoms with E-state index in [1.165, 1.54) is 5.56 Å². The molecule has 24 heavy (non-hydrogen) atoms. The van der Waals surface area contributed by atoms with Crippen LogP contribution in [0, 0.1) is 0 Å². The fourth-order valence-corrected chi connectivity index (χ4v) is 2.87. The normalized spacial score (nSPS) is 12.8. The summed E-state index contributed by atoms with van der Waals surface area (Å²) in [4.78, 5) is 26.7. The summed E-state index contributed by atoms with van der Waals surface area (Å²) in [6, 6.07) is 14.8. The monoisotopic (exact) mass is 324 g/mol. The Kier molecular flexibility index (Phi) is 4.91. The number of anilines is 1. The number of nitrogens with one attached hydrogen (secondary N) is 1. The molecule has 2 amide bonds. The third kappa shape index (κ3) is 3.31. The number of ether oxygens (including phenoxy) is 1. The van der Waals surface area contributed by atoms with Gasteiger partial charge in [-0.1, -0.05) is 24.3 Å². The summed E-state index contributed by atoms with van der Waals surface area (Å²) in [6.45, 7) is 1.56. The lowest BCUT2D eigenvalue weighted by Gasteiger charge is -2.17. The van der Waals surface area contributed by atoms with E-state index in [1.807, 2.05) is 24.3 Å². The summed E-state index contributed by atoms with van der Waals surface area (Å²) >= 11 is 0. The van der Waals surface area contributed by atoms with Gasteiger partial charge in [0.05, 0.1) is 6.61 Å². The Labute approximate surface area is 141 Å². The third-order valence-corrected chi connectivity index (χ3v) is 4.10. The van der Waals surface area contributed by atoms with Crippen molar-refractivity contribution >= 4 is 17.5 Å². The maximum atomic E-state index is 12.8. The molecule has 1 heterocycles. The average molecular weight is 324 g/mol. The van der Waals surface area contributed by atoms with Gasteiger partial charge in [0.2, 0.25) is 0 Å². The molecular weight excluding hydrogens is 304 g/mol. The minimum atomic E-state index is -0.205. The van der Waals surface area contributed by atoms with Crippen LogP contribution >= 0.6 is 0 Å². The number of carbonyl (C=O) groups excluding carboxylic acids is 2. The number of hydrogen-bond acceptors (Lipinski definition) is 3. The van der Waals surface area contributed by atoms with Gasteiger partial charge in [-0.3, -0.25) is 9.59 Å². The van der Waals surface area contributed by atoms with Gasteiger partial charge in [0.25, 0.3) is 11.8 Å². The molecule has 0 aromatic heterocycles. The Morgan fingerprint density at radius 1 is 1.12 bits per heavy atom. The Bertz CT molecular complexity index is 758. The van der Waals surface area contributed by atoms with Crippen molar-refractivity contribution in [3.63, 3.8) is 0 Å². The molecular formula is C19H20N2O3. The van der Waals surface area contributed by atoms with Gasteiger partial charge in [-0.05, 0) is 36.2 Å². The second kappa shape index (κ2) is 7.27. The second-order valence-corrected chi connectivity index (χ2v) is 5.67. The van der Waals surface area contributed by atoms with Crippen LogP contribution in [-0.4, -0.2) is 38.6 Å². The molecule has 124 valence electrons. The topological polar surface area (TPSA) is 58.6 Å². The van der Waals surface area contributed by atoms with Crippen LogP contribution in [0.5, 0.6) is 0 Å². The molecule has 2 aromatic rings. The lowest BCUT2D eigenvalue weighted by Crippen LogP contribution is -2.30. The van der Waals surface area contributed by atoms with Gasteiger partial charge in [0, 0.05) is 37.0 Å². The molecule has 3 rings (SSSR count). The Hall–Kier alpha value is -2.66. The van der Waals surface area contributed by atoms with E-state index >= 15 is 0 Å². The van der Waals surface area contributed by atoms with Crippen molar-refractivity contribution in [3.05, 3.63) is 65.2 Å². The highest BCUT2D eigenvalue weighted by molar-refractivity contribution is 6.08. The quantitative estimate of drug-likeness (QED) is 0.858. The SMILES string of the molecule is COCCNC(=O)c1cccc(C(=O)N2CCc3ccccc32)c1. The summed E-state index contributed by atoms with van der Waals surface area (Å²) in [5.74, 6) is -0.282. The Morgan fingerprint density at radius 2 is 1.92 bits per heavy atom. The lowest BCUT2D eigenvalue weighted by molar-refractivity contribution is 0.0937. The number of para-hydroxylation sites is 1. The van der Waals surface area contributed by atoms with Gasteiger partial charge >= 0.3 is 0 Å². The maximum absolute atomic E-state index is 12.8. The molecule has 5 nitrogen and oxygen atoms in total. The van der Waals surface area contributed by atoms with E-state index in [9.17, 15) is 9.59 Å². The molecule has 0 radical (unpaired) electrons. The number of methoxy groups -OCH3 is 1. The van der Waals surface area contributed by atoms with Gasteiger partial charge in [-0.25, -0.2) is 0 Å². The molecule has 0 atom stereocenters. The lowest BCUT2D eigenvalue weighted by atomic mass is 10.1. The highest BCUT2D eigenvalue weighted by atomic mass is 16.5. The van der Waals surface area contributed by atoms with Crippen LogP contribution < -0.4 is 10.2 Å². The number of benzene rings is 2. The number of hydrogen-bond donors (Lipinski definition) is 1. The van der Waals surface area contributed by atoms with Crippen LogP contribution in [0.15, 0.2) is 48.5 Å². The highest BCUT2D eigenvalue weighted by Crippen LogP contribution is 2.28. The highest BCUT2D eigenvalue weighted by Gasteiger charge is 2.25. The largest absolute Gasteiger partial charge is 0.383 e. The van der Waals surface area contributed by atoms with Crippen molar-refractivity contribution in [1.29, 1.82) is 0 Å². The number of carbonyl (C=O) groups is 2. The number of nitrogens with zero attached hydrogens (tertiary/aromatic N) is 1. The van der Waals surface area contributed by atoms with Crippen LogP contribution in [0.4, 0.5) is 5.69 Å². The van der Waals surface area contributed by atoms with Crippen molar-refractivity contribution in [3.8, 4) is 0 Å². The molecule has 0 spiro atoms. The van der Waals surface area contributed by atoms with Gasteiger partial charge in [-0.2, -0.15) is 0 Å². The summed E-state index contributed by atoms with van der Waals surface area (Å²) in [5.41, 5.74) is 3.13. The average Bonchev–Trinajstić information content (AvgIpc) is 3.05. The smallest absolute Gasteiger partial charge is 0.258 e. The van der Waals surface area contributed by atoms with Gasteiger partial charge in [0.1, 0.15) is 0 Å². The van der Waals surface area contributed by atoms with E-state index in [-0.39, 0.29) is 11.8 Å². The van der Waals surface area contributed by atoms with Crippen molar-refractivity contribution in [2.45, 2.75) is 6.42 Å². The molecule has 0 bridgehead atoms. The predicted molar refractivity (Wildman–Crippen MR) is 92.5 cm³/mol. The summed E-state index contributed by atoms with van der Waals surface area (Å²) in [5, 5.41) is 2.76. The summed E-state index contributed by atoms with van der Waals surface area (Å²) < 4.78 is 4.92. The third-order valence-electron chi connectivity index (χ3n) is 4.10. The van der Waals surface area contributed by atoms with Crippen molar-refractivity contribution in [2.24, 2.45) is 0 Å². The van der Waals surface area contributed by atoms with Gasteiger partial charge in [-0.15, -0.1) is 0 Å². The zero-order valence-corrected chi connectivity index (χ0v) is 13.6. The first-order valence-corrected chi connectivity index (χ1v) is 7.97. The van der Waals surface area contributed by atoms with E-state index < -0.39 is 0 Å². The molecule has 0 fully saturated rings. The fraction of sp³-hybridized carbons (Fsp3) is 0.263. The number of fused-ring (bicyclic) bond motifs is 1. The van der Waals surface area contributed by atoms with E-state index in [2.05, 4.69) is 5.32 Å². The zero-order valence-electron chi connectivity index (χ0n) is 13.6. The van der Waals surface area contributed by atoms with Crippen LogP contribution in [0.25, 0.3) is 0 Å². The van der Waals surface area contributed by atoms with E-state index in [0.717, 1.165) is 12.1 Å². The first-order chi connectivity index (χ1) is 11.7. The van der Waals surface area contributed by atoms with Crippen molar-refractivity contribution < 1.29 is 14.3 Å². The molecule has 1 aliphatic rings. The molecule has 2 aromatic carbocycles. The maximum Gasteiger partial charge on any atom is 0.258 e. The Morgan fingerprint density at radius 3 is 2.75 bits per heavy atom. The first-order valence-electron chi connectivity index (χ1n) is 7.97. The van der Waals surface area contributed by atoms with Crippen LogP contribution in [0.3, 0.4) is 0 Å². The van der Waals surface area contributed by atoms with Gasteiger partial charge in [0.15, 0.2) is 0 Å². The van der Waals surface area contributed by atoms with E-state index in [1.54, 1.807) is 36.3 Å². The van der Waals surface area contributed by atoms with Gasteiger partial charge < -0.3 is 15.0 Å². The van der Waals surface area contributed by atoms with Crippen LogP contribution in [0.1, 0.15) is 26.3 Å². The van der Waals surface area contributed by atoms with Crippen LogP contribution in [-0.2, 0) is 11.2 Å².